The number of benzene rings is 4. The van der Waals surface area contributed by atoms with Crippen molar-refractivity contribution in [2.24, 2.45) is 11.3 Å². The number of nitrogens with zero attached hydrogens (tertiary/aromatic N) is 1. The van der Waals surface area contributed by atoms with Crippen molar-refractivity contribution in [3.8, 4) is 5.75 Å². The third-order valence-corrected chi connectivity index (χ3v) is 11.8. The van der Waals surface area contributed by atoms with E-state index >= 15 is 0 Å². The summed E-state index contributed by atoms with van der Waals surface area (Å²) in [5, 5.41) is 0. The third kappa shape index (κ3) is 4.57. The highest BCUT2D eigenvalue weighted by molar-refractivity contribution is 7.90. The van der Waals surface area contributed by atoms with Crippen LogP contribution in [0.15, 0.2) is 114 Å². The molecule has 0 spiro atoms. The van der Waals surface area contributed by atoms with Crippen molar-refractivity contribution >= 4 is 27.9 Å². The van der Waals surface area contributed by atoms with Gasteiger partial charge in [-0.3, -0.25) is 9.59 Å². The highest BCUT2D eigenvalue weighted by atomic mass is 32.2. The first kappa shape index (κ1) is 30.0. The molecule has 3 aliphatic carbocycles. The van der Waals surface area contributed by atoms with Gasteiger partial charge in [0.25, 0.3) is 10.0 Å². The lowest BCUT2D eigenvalue weighted by Gasteiger charge is -2.60. The Balaban J connectivity index is 1.36. The van der Waals surface area contributed by atoms with Gasteiger partial charge in [0.2, 0.25) is 11.8 Å². The topological polar surface area (TPSA) is 92.8 Å². The Morgan fingerprint density at radius 3 is 2.37 bits per heavy atom. The van der Waals surface area contributed by atoms with Crippen LogP contribution in [0.25, 0.3) is 6.08 Å². The summed E-state index contributed by atoms with van der Waals surface area (Å²) in [6.45, 7) is 2.46. The summed E-state index contributed by atoms with van der Waals surface area (Å²) in [6.07, 6.45) is 4.74. The summed E-state index contributed by atoms with van der Waals surface area (Å²) in [6, 6.07) is 32.1. The lowest BCUT2D eigenvalue weighted by atomic mass is 9.42. The molecular weight excluding hydrogens is 596 g/mol. The molecule has 0 aromatic heterocycles. The number of para-hydroxylation sites is 1. The van der Waals surface area contributed by atoms with Crippen molar-refractivity contribution in [2.75, 3.05) is 20.2 Å². The molecule has 1 aliphatic heterocycles. The lowest BCUT2D eigenvalue weighted by molar-refractivity contribution is -0.137. The van der Waals surface area contributed by atoms with Gasteiger partial charge in [-0.05, 0) is 60.7 Å². The van der Waals surface area contributed by atoms with E-state index in [4.69, 9.17) is 4.74 Å². The van der Waals surface area contributed by atoms with E-state index in [0.717, 1.165) is 34.2 Å². The number of carbonyl (C=O) groups is 2. The van der Waals surface area contributed by atoms with Crippen molar-refractivity contribution in [3.05, 3.63) is 137 Å². The number of hydrogen-bond acceptors (Lipinski definition) is 5. The van der Waals surface area contributed by atoms with Crippen molar-refractivity contribution in [1.82, 2.24) is 9.62 Å². The molecule has 1 N–H and O–H groups in total. The molecule has 4 aliphatic rings. The maximum absolute atomic E-state index is 14.8. The van der Waals surface area contributed by atoms with Crippen LogP contribution in [0, 0.1) is 18.3 Å². The number of fused-ring (bicyclic) bond motifs is 1. The molecule has 1 heterocycles. The normalized spacial score (nSPS) is 24.8. The zero-order chi connectivity index (χ0) is 32.1. The van der Waals surface area contributed by atoms with Gasteiger partial charge in [-0.2, -0.15) is 0 Å². The maximum Gasteiger partial charge on any atom is 0.264 e. The van der Waals surface area contributed by atoms with Crippen LogP contribution in [-0.2, 0) is 25.0 Å². The molecule has 4 aromatic carbocycles. The number of aryl methyl sites for hydroxylation is 1. The van der Waals surface area contributed by atoms with Crippen LogP contribution in [0.2, 0.25) is 0 Å². The molecule has 0 unspecified atom stereocenters. The van der Waals surface area contributed by atoms with Crippen LogP contribution >= 0.6 is 0 Å². The smallest absolute Gasteiger partial charge is 0.264 e. The average Bonchev–Trinajstić information content (AvgIpc) is 3.52. The number of methoxy groups -OCH3 is 1. The van der Waals surface area contributed by atoms with Gasteiger partial charge in [0.05, 0.1) is 17.4 Å². The Morgan fingerprint density at radius 2 is 1.61 bits per heavy atom. The van der Waals surface area contributed by atoms with E-state index < -0.39 is 26.8 Å². The van der Waals surface area contributed by atoms with Gasteiger partial charge in [-0.15, -0.1) is 0 Å². The molecule has 1 saturated heterocycles. The molecule has 2 amide bonds. The summed E-state index contributed by atoms with van der Waals surface area (Å²) in [4.78, 5) is 30.5. The Labute approximate surface area is 270 Å². The van der Waals surface area contributed by atoms with E-state index in [1.54, 1.807) is 36.3 Å². The van der Waals surface area contributed by atoms with Crippen LogP contribution in [0.4, 0.5) is 0 Å². The molecule has 7 nitrogen and oxygen atoms in total. The molecule has 8 rings (SSSR count). The molecule has 2 bridgehead atoms. The molecule has 0 radical (unpaired) electrons. The largest absolute Gasteiger partial charge is 0.496 e. The van der Waals surface area contributed by atoms with E-state index in [1.165, 1.54) is 18.2 Å². The quantitative estimate of drug-likeness (QED) is 0.259. The Morgan fingerprint density at radius 1 is 0.913 bits per heavy atom. The van der Waals surface area contributed by atoms with Crippen LogP contribution in [0.3, 0.4) is 0 Å². The lowest BCUT2D eigenvalue weighted by Crippen LogP contribution is -2.63. The fourth-order valence-electron chi connectivity index (χ4n) is 8.44. The second-order valence-corrected chi connectivity index (χ2v) is 14.3. The van der Waals surface area contributed by atoms with Crippen molar-refractivity contribution < 1.29 is 22.7 Å². The molecular formula is C38H36N2O5S. The predicted octanol–water partition coefficient (Wildman–Crippen LogP) is 5.84. The molecule has 4 aromatic rings. The number of ether oxygens (including phenoxy) is 1. The SMILES string of the molecule is COc1ccccc1/C=C/C(=O)N1C[C@H]2[C@]3(c4ccc(C)cc4)CC[C@@H](c4ccccc43)[C@@]2(C(=O)NS(=O)(=O)c2ccccc2)C1. The van der Waals surface area contributed by atoms with E-state index in [-0.39, 0.29) is 29.2 Å². The van der Waals surface area contributed by atoms with Crippen molar-refractivity contribution in [2.45, 2.75) is 36.0 Å². The second-order valence-electron chi connectivity index (χ2n) is 12.7. The van der Waals surface area contributed by atoms with E-state index in [0.29, 0.717) is 18.7 Å². The van der Waals surface area contributed by atoms with Gasteiger partial charge in [0.15, 0.2) is 0 Å². The third-order valence-electron chi connectivity index (χ3n) is 10.5. The van der Waals surface area contributed by atoms with Gasteiger partial charge < -0.3 is 9.64 Å². The zero-order valence-corrected chi connectivity index (χ0v) is 26.7. The Bertz CT molecular complexity index is 1960. The van der Waals surface area contributed by atoms with Gasteiger partial charge >= 0.3 is 0 Å². The summed E-state index contributed by atoms with van der Waals surface area (Å²) in [5.41, 5.74) is 3.42. The van der Waals surface area contributed by atoms with Gasteiger partial charge in [0.1, 0.15) is 5.75 Å². The van der Waals surface area contributed by atoms with E-state index in [1.807, 2.05) is 43.3 Å². The van der Waals surface area contributed by atoms with Crippen LogP contribution in [0.5, 0.6) is 5.75 Å². The van der Waals surface area contributed by atoms with Crippen molar-refractivity contribution in [3.63, 3.8) is 0 Å². The second kappa shape index (κ2) is 11.3. The Kier molecular flexibility index (Phi) is 7.35. The summed E-state index contributed by atoms with van der Waals surface area (Å²) in [5.74, 6) is -0.758. The first-order chi connectivity index (χ1) is 22.2. The van der Waals surface area contributed by atoms with Gasteiger partial charge in [0, 0.05) is 42.0 Å². The Hall–Kier alpha value is -4.69. The molecule has 234 valence electrons. The minimum Gasteiger partial charge on any atom is -0.496 e. The summed E-state index contributed by atoms with van der Waals surface area (Å²) < 4.78 is 35.2. The number of rotatable bonds is 7. The monoisotopic (exact) mass is 632 g/mol. The molecule has 1 saturated carbocycles. The van der Waals surface area contributed by atoms with E-state index in [9.17, 15) is 18.0 Å². The number of sulfonamides is 1. The highest BCUT2D eigenvalue weighted by Crippen LogP contribution is 2.69. The average molecular weight is 633 g/mol. The predicted molar refractivity (Wildman–Crippen MR) is 177 cm³/mol. The molecule has 4 atom stereocenters. The minimum atomic E-state index is -4.16. The van der Waals surface area contributed by atoms with Crippen LogP contribution in [-0.4, -0.2) is 45.3 Å². The van der Waals surface area contributed by atoms with Crippen molar-refractivity contribution in [1.29, 1.82) is 0 Å². The first-order valence-corrected chi connectivity index (χ1v) is 17.1. The minimum absolute atomic E-state index is 0.0246. The molecule has 2 fully saturated rings. The number of likely N-dealkylation sites (tertiary alicyclic amines) is 1. The summed E-state index contributed by atoms with van der Waals surface area (Å²) >= 11 is 0. The number of amides is 2. The fraction of sp³-hybridized carbons (Fsp3) is 0.263. The van der Waals surface area contributed by atoms with E-state index in [2.05, 4.69) is 41.1 Å². The fourth-order valence-corrected chi connectivity index (χ4v) is 9.51. The number of hydrogen-bond donors (Lipinski definition) is 1. The maximum atomic E-state index is 14.8. The van der Waals surface area contributed by atoms with Crippen LogP contribution in [0.1, 0.15) is 46.6 Å². The first-order valence-electron chi connectivity index (χ1n) is 15.6. The number of carbonyl (C=O) groups excluding carboxylic acids is 2. The van der Waals surface area contributed by atoms with Gasteiger partial charge in [-0.25, -0.2) is 13.1 Å². The highest BCUT2D eigenvalue weighted by Gasteiger charge is 2.70. The molecule has 8 heteroatoms. The van der Waals surface area contributed by atoms with Gasteiger partial charge in [-0.1, -0.05) is 90.5 Å². The van der Waals surface area contributed by atoms with Crippen LogP contribution < -0.4 is 9.46 Å². The molecule has 46 heavy (non-hydrogen) atoms. The zero-order valence-electron chi connectivity index (χ0n) is 25.8. The summed E-state index contributed by atoms with van der Waals surface area (Å²) in [7, 11) is -2.57. The standard InChI is InChI=1S/C38H36N2O5S/c1-26-16-19-28(20-17-26)37-23-22-32(30-13-7-8-14-31(30)37)38(36(42)39-46(43,44)29-11-4-3-5-12-29)25-40(24-34(37)38)35(41)21-18-27-10-6-9-15-33(27)45-2/h3-21,32,34H,22-25H2,1-2H3,(H,39,42)/b21-18+/t32-,34-,37-,38-/m0/s1. The number of nitrogens with one attached hydrogen (secondary N) is 1.